The maximum atomic E-state index is 5.60. The van der Waals surface area contributed by atoms with Gasteiger partial charge in [0.05, 0.1) is 6.54 Å². The average molecular weight is 290 g/mol. The van der Waals surface area contributed by atoms with Crippen LogP contribution in [0.1, 0.15) is 11.4 Å². The van der Waals surface area contributed by atoms with Crippen molar-refractivity contribution in [3.05, 3.63) is 41.0 Å². The molecule has 2 heterocycles. The van der Waals surface area contributed by atoms with E-state index in [2.05, 4.69) is 39.8 Å². The summed E-state index contributed by atoms with van der Waals surface area (Å²) in [5, 5.41) is 12.7. The molecule has 2 aromatic heterocycles. The van der Waals surface area contributed by atoms with Gasteiger partial charge in [-0.25, -0.2) is 0 Å². The number of hydrogen-bond donors (Lipinski definition) is 1. The second kappa shape index (κ2) is 5.32. The van der Waals surface area contributed by atoms with Crippen molar-refractivity contribution in [1.82, 2.24) is 14.8 Å². The second-order valence-corrected chi connectivity index (χ2v) is 6.06. The molecular formula is C13H14N4S2. The van der Waals surface area contributed by atoms with E-state index in [0.717, 1.165) is 16.7 Å². The lowest BCUT2D eigenvalue weighted by Crippen LogP contribution is -2.05. The van der Waals surface area contributed by atoms with Gasteiger partial charge in [0.1, 0.15) is 5.82 Å². The van der Waals surface area contributed by atoms with Crippen molar-refractivity contribution in [3.8, 4) is 0 Å². The van der Waals surface area contributed by atoms with Crippen molar-refractivity contribution in [3.63, 3.8) is 0 Å². The third kappa shape index (κ3) is 2.39. The lowest BCUT2D eigenvalue weighted by atomic mass is 10.2. The molecule has 0 atom stereocenters. The van der Waals surface area contributed by atoms with E-state index in [1.54, 1.807) is 23.1 Å². The van der Waals surface area contributed by atoms with E-state index < -0.39 is 0 Å². The van der Waals surface area contributed by atoms with Crippen LogP contribution in [-0.2, 0) is 19.3 Å². The molecule has 0 aliphatic carbocycles. The molecule has 0 saturated heterocycles. The van der Waals surface area contributed by atoms with Crippen molar-refractivity contribution < 1.29 is 0 Å². The van der Waals surface area contributed by atoms with E-state index in [1.165, 1.54) is 15.6 Å². The molecule has 98 valence electrons. The quantitative estimate of drug-likeness (QED) is 0.751. The molecule has 6 heteroatoms. The highest BCUT2D eigenvalue weighted by atomic mass is 32.2. The SMILES string of the molecule is Cn1c(CN)nnc1SCc1csc2ccccc12. The van der Waals surface area contributed by atoms with Gasteiger partial charge in [-0.3, -0.25) is 0 Å². The topological polar surface area (TPSA) is 56.7 Å². The van der Waals surface area contributed by atoms with E-state index >= 15 is 0 Å². The molecule has 0 saturated carbocycles. The fourth-order valence-corrected chi connectivity index (χ4v) is 3.92. The Morgan fingerprint density at radius 1 is 1.32 bits per heavy atom. The summed E-state index contributed by atoms with van der Waals surface area (Å²) >= 11 is 3.48. The van der Waals surface area contributed by atoms with Crippen molar-refractivity contribution >= 4 is 33.2 Å². The summed E-state index contributed by atoms with van der Waals surface area (Å²) in [4.78, 5) is 0. The van der Waals surface area contributed by atoms with Crippen LogP contribution in [0.2, 0.25) is 0 Å². The van der Waals surface area contributed by atoms with E-state index in [0.29, 0.717) is 6.54 Å². The van der Waals surface area contributed by atoms with E-state index in [-0.39, 0.29) is 0 Å². The van der Waals surface area contributed by atoms with Gasteiger partial charge in [0.25, 0.3) is 0 Å². The van der Waals surface area contributed by atoms with Gasteiger partial charge in [0, 0.05) is 17.5 Å². The standard InChI is InChI=1S/C13H14N4S2/c1-17-12(6-14)15-16-13(17)19-8-9-7-18-11-5-3-2-4-10(9)11/h2-5,7H,6,8,14H2,1H3. The zero-order valence-electron chi connectivity index (χ0n) is 10.5. The highest BCUT2D eigenvalue weighted by molar-refractivity contribution is 7.98. The Hall–Kier alpha value is -1.37. The van der Waals surface area contributed by atoms with Gasteiger partial charge < -0.3 is 10.3 Å². The Kier molecular flexibility index (Phi) is 3.54. The van der Waals surface area contributed by atoms with Crippen LogP contribution in [0.5, 0.6) is 0 Å². The Balaban J connectivity index is 1.80. The minimum atomic E-state index is 0.422. The van der Waals surface area contributed by atoms with E-state index in [1.807, 2.05) is 11.6 Å². The number of rotatable bonds is 4. The first-order chi connectivity index (χ1) is 9.29. The third-order valence-electron chi connectivity index (χ3n) is 3.03. The van der Waals surface area contributed by atoms with Gasteiger partial charge in [-0.2, -0.15) is 0 Å². The predicted octanol–water partition coefficient (Wildman–Crippen LogP) is 2.78. The molecule has 3 aromatic rings. The Morgan fingerprint density at radius 2 is 2.16 bits per heavy atom. The van der Waals surface area contributed by atoms with E-state index in [9.17, 15) is 0 Å². The highest BCUT2D eigenvalue weighted by Gasteiger charge is 2.09. The summed E-state index contributed by atoms with van der Waals surface area (Å²) < 4.78 is 3.29. The monoisotopic (exact) mass is 290 g/mol. The van der Waals surface area contributed by atoms with Crippen LogP contribution in [0, 0.1) is 0 Å². The average Bonchev–Trinajstić information content (AvgIpc) is 3.00. The molecule has 0 spiro atoms. The van der Waals surface area contributed by atoms with Gasteiger partial charge in [-0.05, 0) is 22.4 Å². The maximum absolute atomic E-state index is 5.60. The van der Waals surface area contributed by atoms with Crippen LogP contribution >= 0.6 is 23.1 Å². The number of nitrogens with two attached hydrogens (primary N) is 1. The lowest BCUT2D eigenvalue weighted by molar-refractivity contribution is 0.734. The minimum Gasteiger partial charge on any atom is -0.324 e. The van der Waals surface area contributed by atoms with Crippen LogP contribution < -0.4 is 5.73 Å². The van der Waals surface area contributed by atoms with Crippen LogP contribution in [-0.4, -0.2) is 14.8 Å². The first-order valence-corrected chi connectivity index (χ1v) is 7.82. The van der Waals surface area contributed by atoms with Crippen LogP contribution in [0.25, 0.3) is 10.1 Å². The summed E-state index contributed by atoms with van der Waals surface area (Å²) in [5.41, 5.74) is 6.95. The van der Waals surface area contributed by atoms with Crippen molar-refractivity contribution in [2.45, 2.75) is 17.5 Å². The summed E-state index contributed by atoms with van der Waals surface area (Å²) in [6.07, 6.45) is 0. The third-order valence-corrected chi connectivity index (χ3v) is 5.11. The van der Waals surface area contributed by atoms with Gasteiger partial charge in [-0.1, -0.05) is 30.0 Å². The van der Waals surface area contributed by atoms with Gasteiger partial charge in [0.15, 0.2) is 5.16 Å². The normalized spacial score (nSPS) is 11.3. The Labute approximate surface area is 119 Å². The van der Waals surface area contributed by atoms with Gasteiger partial charge in [-0.15, -0.1) is 21.5 Å². The van der Waals surface area contributed by atoms with E-state index in [4.69, 9.17) is 5.73 Å². The zero-order chi connectivity index (χ0) is 13.2. The lowest BCUT2D eigenvalue weighted by Gasteiger charge is -2.02. The molecule has 0 fully saturated rings. The number of hydrogen-bond acceptors (Lipinski definition) is 5. The fourth-order valence-electron chi connectivity index (χ4n) is 1.94. The highest BCUT2D eigenvalue weighted by Crippen LogP contribution is 2.30. The molecule has 0 aliphatic rings. The van der Waals surface area contributed by atoms with Crippen LogP contribution in [0.3, 0.4) is 0 Å². The Morgan fingerprint density at radius 3 is 2.95 bits per heavy atom. The largest absolute Gasteiger partial charge is 0.324 e. The summed E-state index contributed by atoms with van der Waals surface area (Å²) in [6.45, 7) is 0.422. The van der Waals surface area contributed by atoms with Crippen LogP contribution in [0.4, 0.5) is 0 Å². The molecule has 3 rings (SSSR count). The smallest absolute Gasteiger partial charge is 0.191 e. The number of aromatic nitrogens is 3. The number of fused-ring (bicyclic) bond motifs is 1. The number of benzene rings is 1. The first kappa shape index (κ1) is 12.7. The summed E-state index contributed by atoms with van der Waals surface area (Å²) in [7, 11) is 1.95. The minimum absolute atomic E-state index is 0.422. The maximum Gasteiger partial charge on any atom is 0.191 e. The number of nitrogens with zero attached hydrogens (tertiary/aromatic N) is 3. The molecule has 19 heavy (non-hydrogen) atoms. The molecule has 4 nitrogen and oxygen atoms in total. The second-order valence-electron chi connectivity index (χ2n) is 4.21. The molecule has 2 N–H and O–H groups in total. The van der Waals surface area contributed by atoms with Crippen molar-refractivity contribution in [1.29, 1.82) is 0 Å². The van der Waals surface area contributed by atoms with Crippen molar-refractivity contribution in [2.75, 3.05) is 0 Å². The molecular weight excluding hydrogens is 276 g/mol. The number of thioether (sulfide) groups is 1. The summed E-state index contributed by atoms with van der Waals surface area (Å²) in [6, 6.07) is 8.48. The summed E-state index contributed by atoms with van der Waals surface area (Å²) in [5.74, 6) is 1.72. The Bertz CT molecular complexity index is 702. The molecule has 0 aliphatic heterocycles. The number of thiophene rings is 1. The van der Waals surface area contributed by atoms with Crippen molar-refractivity contribution in [2.24, 2.45) is 12.8 Å². The first-order valence-electron chi connectivity index (χ1n) is 5.96. The van der Waals surface area contributed by atoms with Gasteiger partial charge >= 0.3 is 0 Å². The predicted molar refractivity (Wildman–Crippen MR) is 80.3 cm³/mol. The molecule has 0 amide bonds. The molecule has 0 radical (unpaired) electrons. The zero-order valence-corrected chi connectivity index (χ0v) is 12.2. The molecule has 0 unspecified atom stereocenters. The van der Waals surface area contributed by atoms with Crippen LogP contribution in [0.15, 0.2) is 34.8 Å². The molecule has 1 aromatic carbocycles. The fraction of sp³-hybridized carbons (Fsp3) is 0.231. The molecule has 0 bridgehead atoms. The van der Waals surface area contributed by atoms with Gasteiger partial charge in [0.2, 0.25) is 0 Å².